The molecular formula is C11H9F2IN2. The van der Waals surface area contributed by atoms with Crippen molar-refractivity contribution in [2.24, 2.45) is 0 Å². The molecule has 1 aromatic carbocycles. The number of hydrogen-bond donors (Lipinski definition) is 1. The first-order valence-corrected chi connectivity index (χ1v) is 5.77. The van der Waals surface area contributed by atoms with Gasteiger partial charge in [-0.15, -0.1) is 0 Å². The molecule has 0 unspecified atom stereocenters. The second kappa shape index (κ2) is 4.48. The Morgan fingerprint density at radius 3 is 2.62 bits per heavy atom. The Morgan fingerprint density at radius 2 is 2.00 bits per heavy atom. The summed E-state index contributed by atoms with van der Waals surface area (Å²) in [6.45, 7) is 1.90. The number of aryl methyl sites for hydroxylation is 1. The van der Waals surface area contributed by atoms with Crippen LogP contribution in [0.3, 0.4) is 0 Å². The average Bonchev–Trinajstić information content (AvgIpc) is 2.61. The number of rotatable bonds is 2. The minimum atomic E-state index is -2.54. The molecule has 0 amide bonds. The Morgan fingerprint density at radius 1 is 1.31 bits per heavy atom. The molecule has 0 aliphatic heterocycles. The monoisotopic (exact) mass is 334 g/mol. The number of hydrogen-bond acceptors (Lipinski definition) is 1. The van der Waals surface area contributed by atoms with Gasteiger partial charge in [-0.1, -0.05) is 24.3 Å². The molecule has 5 heteroatoms. The van der Waals surface area contributed by atoms with Crippen LogP contribution in [0.15, 0.2) is 24.3 Å². The normalized spacial score (nSPS) is 11.1. The van der Waals surface area contributed by atoms with Crippen molar-refractivity contribution in [1.82, 2.24) is 10.2 Å². The third-order valence-corrected chi connectivity index (χ3v) is 3.16. The number of benzene rings is 1. The lowest BCUT2D eigenvalue weighted by Gasteiger charge is -2.06. The van der Waals surface area contributed by atoms with Gasteiger partial charge in [-0.25, -0.2) is 8.78 Å². The molecule has 1 N–H and O–H groups in total. The Bertz CT molecular complexity index is 508. The van der Waals surface area contributed by atoms with Crippen molar-refractivity contribution in [3.05, 3.63) is 39.2 Å². The Kier molecular flexibility index (Phi) is 3.22. The third-order valence-electron chi connectivity index (χ3n) is 2.38. The summed E-state index contributed by atoms with van der Waals surface area (Å²) in [4.78, 5) is 0. The number of aromatic amines is 1. The third kappa shape index (κ3) is 1.95. The first-order valence-electron chi connectivity index (χ1n) is 4.69. The van der Waals surface area contributed by atoms with Gasteiger partial charge in [0.25, 0.3) is 6.43 Å². The van der Waals surface area contributed by atoms with E-state index in [0.29, 0.717) is 9.26 Å². The molecule has 16 heavy (non-hydrogen) atoms. The van der Waals surface area contributed by atoms with E-state index in [2.05, 4.69) is 10.2 Å². The van der Waals surface area contributed by atoms with Gasteiger partial charge in [0.2, 0.25) is 0 Å². The summed E-state index contributed by atoms with van der Waals surface area (Å²) in [6, 6.07) is 7.44. The van der Waals surface area contributed by atoms with E-state index in [1.54, 1.807) is 0 Å². The number of nitrogens with zero attached hydrogens (tertiary/aromatic N) is 1. The molecule has 0 radical (unpaired) electrons. The quantitative estimate of drug-likeness (QED) is 0.829. The van der Waals surface area contributed by atoms with E-state index in [-0.39, 0.29) is 5.69 Å². The fraction of sp³-hybridized carbons (Fsp3) is 0.182. The van der Waals surface area contributed by atoms with Gasteiger partial charge in [0.15, 0.2) is 0 Å². The number of aromatic nitrogens is 2. The zero-order valence-electron chi connectivity index (χ0n) is 8.47. The highest BCUT2D eigenvalue weighted by Gasteiger charge is 2.21. The van der Waals surface area contributed by atoms with Crippen LogP contribution in [0.4, 0.5) is 8.78 Å². The maximum atomic E-state index is 12.8. The lowest BCUT2D eigenvalue weighted by molar-refractivity contribution is 0.146. The largest absolute Gasteiger partial charge is 0.280 e. The second-order valence-electron chi connectivity index (χ2n) is 3.42. The van der Waals surface area contributed by atoms with E-state index in [9.17, 15) is 8.78 Å². The van der Waals surface area contributed by atoms with Crippen LogP contribution in [0, 0.1) is 10.6 Å². The SMILES string of the molecule is Cc1ccccc1-c1c(I)n[nH]c1C(F)F. The van der Waals surface area contributed by atoms with Gasteiger partial charge in [0, 0.05) is 5.56 Å². The molecule has 0 saturated carbocycles. The summed E-state index contributed by atoms with van der Waals surface area (Å²) in [5, 5.41) is 6.23. The van der Waals surface area contributed by atoms with Crippen molar-refractivity contribution in [2.45, 2.75) is 13.3 Å². The molecule has 0 aliphatic carbocycles. The van der Waals surface area contributed by atoms with E-state index in [4.69, 9.17) is 0 Å². The van der Waals surface area contributed by atoms with E-state index in [1.807, 2.05) is 53.8 Å². The van der Waals surface area contributed by atoms with E-state index in [1.165, 1.54) is 0 Å². The standard InChI is InChI=1S/C11H9F2IN2/c1-6-4-2-3-5-7(6)8-9(10(12)13)15-16-11(8)14/h2-5,10H,1H3,(H,15,16). The highest BCUT2D eigenvalue weighted by Crippen LogP contribution is 2.34. The highest BCUT2D eigenvalue weighted by atomic mass is 127. The number of alkyl halides is 2. The highest BCUT2D eigenvalue weighted by molar-refractivity contribution is 14.1. The number of nitrogens with one attached hydrogen (secondary N) is 1. The van der Waals surface area contributed by atoms with Crippen molar-refractivity contribution < 1.29 is 8.78 Å². The summed E-state index contributed by atoms with van der Waals surface area (Å²) in [7, 11) is 0. The van der Waals surface area contributed by atoms with Crippen LogP contribution in [0.1, 0.15) is 17.7 Å². The summed E-state index contributed by atoms with van der Waals surface area (Å²) in [5.74, 6) is 0. The molecule has 0 aliphatic rings. The Hall–Kier alpha value is -0.980. The van der Waals surface area contributed by atoms with Crippen molar-refractivity contribution in [2.75, 3.05) is 0 Å². The van der Waals surface area contributed by atoms with Crippen molar-refractivity contribution in [1.29, 1.82) is 0 Å². The Balaban J connectivity index is 2.64. The van der Waals surface area contributed by atoms with Crippen LogP contribution >= 0.6 is 22.6 Å². The zero-order chi connectivity index (χ0) is 11.7. The fourth-order valence-corrected chi connectivity index (χ4v) is 2.30. The maximum Gasteiger partial charge on any atom is 0.280 e. The lowest BCUT2D eigenvalue weighted by Crippen LogP contribution is -1.91. The minimum Gasteiger partial charge on any atom is -0.275 e. The minimum absolute atomic E-state index is 0.112. The van der Waals surface area contributed by atoms with Crippen LogP contribution in [-0.4, -0.2) is 10.2 Å². The molecule has 2 rings (SSSR count). The smallest absolute Gasteiger partial charge is 0.275 e. The topological polar surface area (TPSA) is 28.7 Å². The molecular weight excluding hydrogens is 325 g/mol. The van der Waals surface area contributed by atoms with Crippen molar-refractivity contribution in [3.8, 4) is 11.1 Å². The molecule has 0 saturated heterocycles. The molecule has 0 bridgehead atoms. The van der Waals surface area contributed by atoms with E-state index in [0.717, 1.165) is 11.1 Å². The van der Waals surface area contributed by atoms with Crippen LogP contribution in [0.5, 0.6) is 0 Å². The van der Waals surface area contributed by atoms with Gasteiger partial charge in [-0.2, -0.15) is 5.10 Å². The number of halogens is 3. The first kappa shape index (κ1) is 11.5. The molecule has 0 atom stereocenters. The van der Waals surface area contributed by atoms with Gasteiger partial charge < -0.3 is 0 Å². The molecule has 1 aromatic heterocycles. The molecule has 84 valence electrons. The van der Waals surface area contributed by atoms with Crippen LogP contribution in [0.2, 0.25) is 0 Å². The van der Waals surface area contributed by atoms with Gasteiger partial charge in [0.1, 0.15) is 9.39 Å². The van der Waals surface area contributed by atoms with E-state index >= 15 is 0 Å². The van der Waals surface area contributed by atoms with Gasteiger partial charge in [-0.05, 0) is 40.6 Å². The zero-order valence-corrected chi connectivity index (χ0v) is 10.6. The van der Waals surface area contributed by atoms with Crippen molar-refractivity contribution in [3.63, 3.8) is 0 Å². The summed E-state index contributed by atoms with van der Waals surface area (Å²) >= 11 is 1.96. The van der Waals surface area contributed by atoms with Crippen LogP contribution in [0.25, 0.3) is 11.1 Å². The molecule has 1 heterocycles. The summed E-state index contributed by atoms with van der Waals surface area (Å²) in [5.41, 5.74) is 2.16. The van der Waals surface area contributed by atoms with Gasteiger partial charge in [0.05, 0.1) is 0 Å². The average molecular weight is 334 g/mol. The first-order chi connectivity index (χ1) is 7.61. The second-order valence-corrected chi connectivity index (χ2v) is 4.44. The van der Waals surface area contributed by atoms with Gasteiger partial charge >= 0.3 is 0 Å². The summed E-state index contributed by atoms with van der Waals surface area (Å²) in [6.07, 6.45) is -2.54. The lowest BCUT2D eigenvalue weighted by atomic mass is 10.0. The molecule has 0 spiro atoms. The molecule has 2 aromatic rings. The van der Waals surface area contributed by atoms with E-state index < -0.39 is 6.43 Å². The predicted octanol–water partition coefficient (Wildman–Crippen LogP) is 3.93. The molecule has 0 fully saturated rings. The Labute approximate surface area is 105 Å². The van der Waals surface area contributed by atoms with Crippen LogP contribution < -0.4 is 0 Å². The number of H-pyrrole nitrogens is 1. The van der Waals surface area contributed by atoms with Gasteiger partial charge in [-0.3, -0.25) is 5.10 Å². The molecule has 2 nitrogen and oxygen atoms in total. The maximum absolute atomic E-state index is 12.8. The summed E-state index contributed by atoms with van der Waals surface area (Å²) < 4.78 is 26.1. The van der Waals surface area contributed by atoms with Crippen molar-refractivity contribution >= 4 is 22.6 Å². The predicted molar refractivity (Wildman–Crippen MR) is 66.4 cm³/mol. The fourth-order valence-electron chi connectivity index (χ4n) is 1.60. The van der Waals surface area contributed by atoms with Crippen LogP contribution in [-0.2, 0) is 0 Å².